The van der Waals surface area contributed by atoms with Crippen molar-refractivity contribution in [3.05, 3.63) is 106 Å². The fourth-order valence-electron chi connectivity index (χ4n) is 5.90. The molecule has 1 aliphatic carbocycles. The van der Waals surface area contributed by atoms with Gasteiger partial charge in [0.15, 0.2) is 0 Å². The minimum atomic E-state index is -1.03. The molecule has 1 fully saturated rings. The Kier molecular flexibility index (Phi) is 9.46. The highest BCUT2D eigenvalue weighted by atomic mass is 35.5. The number of amides is 1. The van der Waals surface area contributed by atoms with Crippen molar-refractivity contribution in [2.24, 2.45) is 0 Å². The first-order valence-corrected chi connectivity index (χ1v) is 14.9. The molecule has 0 spiro atoms. The number of ether oxygens (including phenoxy) is 1. The number of aromatic nitrogens is 2. The highest BCUT2D eigenvalue weighted by Crippen LogP contribution is 2.38. The van der Waals surface area contributed by atoms with E-state index in [4.69, 9.17) is 21.3 Å². The molecular weight excluding hydrogens is 616 g/mol. The molecule has 10 heteroatoms. The van der Waals surface area contributed by atoms with Gasteiger partial charge < -0.3 is 19.3 Å². The van der Waals surface area contributed by atoms with Crippen LogP contribution in [0.4, 0.5) is 4.39 Å². The van der Waals surface area contributed by atoms with E-state index in [1.165, 1.54) is 17.0 Å². The third-order valence-corrected chi connectivity index (χ3v) is 8.37. The van der Waals surface area contributed by atoms with E-state index in [-0.39, 0.29) is 36.5 Å². The zero-order valence-electron chi connectivity index (χ0n) is 24.8. The zero-order chi connectivity index (χ0) is 31.0. The predicted molar refractivity (Wildman–Crippen MR) is 176 cm³/mol. The van der Waals surface area contributed by atoms with Crippen LogP contribution in [-0.2, 0) is 6.61 Å². The minimum Gasteiger partial charge on any atom is -0.489 e. The van der Waals surface area contributed by atoms with Gasteiger partial charge in [-0.15, -0.1) is 12.4 Å². The molecule has 0 atom stereocenters. The third-order valence-electron chi connectivity index (χ3n) is 8.12. The number of carboxylic acids is 1. The highest BCUT2D eigenvalue weighted by molar-refractivity contribution is 6.30. The molecule has 6 rings (SSSR count). The Bertz CT molecular complexity index is 1880. The molecule has 45 heavy (non-hydrogen) atoms. The molecule has 0 bridgehead atoms. The van der Waals surface area contributed by atoms with Crippen LogP contribution in [0.5, 0.6) is 5.75 Å². The fraction of sp³-hybridized carbons (Fsp3) is 0.229. The molecule has 7 nitrogen and oxygen atoms in total. The lowest BCUT2D eigenvalue weighted by atomic mass is 9.97. The van der Waals surface area contributed by atoms with E-state index in [2.05, 4.69) is 4.57 Å². The standard InChI is InChI=1S/C35H31ClFN3O4.ClH/c1-39(2)34(41)22-9-14-28(21-7-11-25(36)12-8-21)24(17-22)20-44-27-13-15-29(30(37)19-27)33-38-31-18-23(35(42)43)10-16-32(31)40(33)26-5-3-4-6-26;/h7-19,26H,3-6,20H2,1-2H3,(H,42,43);1H. The van der Waals surface area contributed by atoms with Gasteiger partial charge >= 0.3 is 5.97 Å². The van der Waals surface area contributed by atoms with Crippen LogP contribution in [0.2, 0.25) is 5.02 Å². The smallest absolute Gasteiger partial charge is 0.335 e. The first-order valence-electron chi connectivity index (χ1n) is 14.5. The van der Waals surface area contributed by atoms with Crippen LogP contribution in [0.3, 0.4) is 0 Å². The predicted octanol–water partition coefficient (Wildman–Crippen LogP) is 8.68. The van der Waals surface area contributed by atoms with E-state index in [0.29, 0.717) is 33.2 Å². The molecule has 0 unspecified atom stereocenters. The maximum atomic E-state index is 15.8. The lowest BCUT2D eigenvalue weighted by Gasteiger charge is -2.18. The number of hydrogen-bond donors (Lipinski definition) is 1. The monoisotopic (exact) mass is 647 g/mol. The van der Waals surface area contributed by atoms with Crippen LogP contribution < -0.4 is 4.74 Å². The summed E-state index contributed by atoms with van der Waals surface area (Å²) >= 11 is 6.10. The molecule has 1 amide bonds. The number of benzene rings is 4. The Balaban J connectivity index is 0.00000400. The average molecular weight is 649 g/mol. The van der Waals surface area contributed by atoms with Crippen LogP contribution in [0, 0.1) is 5.82 Å². The average Bonchev–Trinajstić information content (AvgIpc) is 3.67. The van der Waals surface area contributed by atoms with Gasteiger partial charge in [0.05, 0.1) is 22.2 Å². The summed E-state index contributed by atoms with van der Waals surface area (Å²) in [6.07, 6.45) is 4.05. The van der Waals surface area contributed by atoms with E-state index in [0.717, 1.165) is 47.9 Å². The van der Waals surface area contributed by atoms with Crippen molar-refractivity contribution >= 4 is 46.9 Å². The largest absolute Gasteiger partial charge is 0.489 e. The summed E-state index contributed by atoms with van der Waals surface area (Å²) in [5.41, 5.74) is 4.84. The molecule has 1 heterocycles. The van der Waals surface area contributed by atoms with Crippen LogP contribution in [0.25, 0.3) is 33.5 Å². The highest BCUT2D eigenvalue weighted by Gasteiger charge is 2.25. The van der Waals surface area contributed by atoms with E-state index in [9.17, 15) is 14.7 Å². The van der Waals surface area contributed by atoms with Crippen molar-refractivity contribution in [3.8, 4) is 28.3 Å². The maximum absolute atomic E-state index is 15.8. The molecule has 1 saturated carbocycles. The molecule has 0 radical (unpaired) electrons. The Hall–Kier alpha value is -4.40. The maximum Gasteiger partial charge on any atom is 0.335 e. The van der Waals surface area contributed by atoms with Crippen molar-refractivity contribution in [1.82, 2.24) is 14.5 Å². The quantitative estimate of drug-likeness (QED) is 0.182. The van der Waals surface area contributed by atoms with Gasteiger partial charge in [0.25, 0.3) is 5.91 Å². The molecule has 0 saturated heterocycles. The van der Waals surface area contributed by atoms with E-state index in [1.54, 1.807) is 62.6 Å². The van der Waals surface area contributed by atoms with Crippen molar-refractivity contribution in [2.45, 2.75) is 38.3 Å². The number of hydrogen-bond acceptors (Lipinski definition) is 4. The number of carbonyl (C=O) groups excluding carboxylic acids is 1. The molecule has 4 aromatic carbocycles. The van der Waals surface area contributed by atoms with Crippen molar-refractivity contribution in [3.63, 3.8) is 0 Å². The molecule has 1 aliphatic rings. The molecule has 1 N–H and O–H groups in total. The van der Waals surface area contributed by atoms with Gasteiger partial charge in [-0.25, -0.2) is 14.2 Å². The SMILES string of the molecule is CN(C)C(=O)c1ccc(-c2ccc(Cl)cc2)c(COc2ccc(-c3nc4cc(C(=O)O)ccc4n3C3CCCC3)c(F)c2)c1.Cl. The van der Waals surface area contributed by atoms with Crippen molar-refractivity contribution < 1.29 is 23.8 Å². The van der Waals surface area contributed by atoms with Crippen LogP contribution in [0.15, 0.2) is 78.9 Å². The fourth-order valence-corrected chi connectivity index (χ4v) is 6.02. The lowest BCUT2D eigenvalue weighted by molar-refractivity contribution is 0.0696. The first-order chi connectivity index (χ1) is 21.2. The summed E-state index contributed by atoms with van der Waals surface area (Å²) in [5, 5.41) is 10.1. The first kappa shape index (κ1) is 32.0. The van der Waals surface area contributed by atoms with Gasteiger partial charge in [-0.3, -0.25) is 4.79 Å². The molecule has 0 aliphatic heterocycles. The number of aromatic carboxylic acids is 1. The van der Waals surface area contributed by atoms with Crippen LogP contribution in [0.1, 0.15) is 58.0 Å². The summed E-state index contributed by atoms with van der Waals surface area (Å²) in [7, 11) is 3.39. The van der Waals surface area contributed by atoms with Gasteiger partial charge in [0, 0.05) is 36.8 Å². The van der Waals surface area contributed by atoms with Gasteiger partial charge in [-0.2, -0.15) is 0 Å². The second-order valence-electron chi connectivity index (χ2n) is 11.3. The van der Waals surface area contributed by atoms with E-state index in [1.807, 2.05) is 18.2 Å². The Morgan fingerprint density at radius 3 is 2.31 bits per heavy atom. The molecule has 5 aromatic rings. The summed E-state index contributed by atoms with van der Waals surface area (Å²) in [5.74, 6) is -0.866. The zero-order valence-corrected chi connectivity index (χ0v) is 26.4. The van der Waals surface area contributed by atoms with Crippen LogP contribution >= 0.6 is 24.0 Å². The number of rotatable bonds is 8. The van der Waals surface area contributed by atoms with Crippen LogP contribution in [-0.4, -0.2) is 45.5 Å². The summed E-state index contributed by atoms with van der Waals surface area (Å²) in [6, 6.07) is 22.6. The summed E-state index contributed by atoms with van der Waals surface area (Å²) in [4.78, 5) is 30.5. The second-order valence-corrected chi connectivity index (χ2v) is 11.7. The topological polar surface area (TPSA) is 84.7 Å². The number of nitrogens with zero attached hydrogens (tertiary/aromatic N) is 3. The Labute approximate surface area is 271 Å². The Morgan fingerprint density at radius 1 is 0.956 bits per heavy atom. The van der Waals surface area contributed by atoms with Gasteiger partial charge in [-0.1, -0.05) is 42.6 Å². The second kappa shape index (κ2) is 13.3. The van der Waals surface area contributed by atoms with Crippen molar-refractivity contribution in [2.75, 3.05) is 14.1 Å². The number of carboxylic acid groups (broad SMARTS) is 1. The minimum absolute atomic E-state index is 0. The Morgan fingerprint density at radius 2 is 1.64 bits per heavy atom. The molecular formula is C35H32Cl2FN3O4. The van der Waals surface area contributed by atoms with Gasteiger partial charge in [0.1, 0.15) is 24.0 Å². The van der Waals surface area contributed by atoms with Gasteiger partial charge in [0.2, 0.25) is 0 Å². The van der Waals surface area contributed by atoms with Gasteiger partial charge in [-0.05, 0) is 84.1 Å². The number of imidazole rings is 1. The van der Waals surface area contributed by atoms with E-state index >= 15 is 4.39 Å². The number of carbonyl (C=O) groups is 2. The lowest BCUT2D eigenvalue weighted by Crippen LogP contribution is -2.21. The summed E-state index contributed by atoms with van der Waals surface area (Å²) in [6.45, 7) is 0.101. The third kappa shape index (κ3) is 6.53. The summed E-state index contributed by atoms with van der Waals surface area (Å²) < 4.78 is 24.0. The van der Waals surface area contributed by atoms with Crippen molar-refractivity contribution in [1.29, 1.82) is 0 Å². The van der Waals surface area contributed by atoms with E-state index < -0.39 is 11.8 Å². The number of fused-ring (bicyclic) bond motifs is 1. The number of halogens is 3. The normalized spacial score (nSPS) is 13.1. The molecule has 1 aromatic heterocycles. The molecule has 232 valence electrons.